The highest BCUT2D eigenvalue weighted by molar-refractivity contribution is 7.90. The van der Waals surface area contributed by atoms with Crippen molar-refractivity contribution in [1.29, 1.82) is 0 Å². The summed E-state index contributed by atoms with van der Waals surface area (Å²) >= 11 is 12.2. The largest absolute Gasteiger partial charge is 0.507 e. The van der Waals surface area contributed by atoms with E-state index in [9.17, 15) is 13.5 Å². The minimum Gasteiger partial charge on any atom is -0.507 e. The van der Waals surface area contributed by atoms with Crippen molar-refractivity contribution in [3.63, 3.8) is 0 Å². The molecule has 0 saturated heterocycles. The van der Waals surface area contributed by atoms with E-state index in [4.69, 9.17) is 23.2 Å². The Bertz CT molecular complexity index is 1110. The quantitative estimate of drug-likeness (QED) is 0.565. The first-order valence-electron chi connectivity index (χ1n) is 9.10. The molecule has 1 heterocycles. The van der Waals surface area contributed by atoms with Gasteiger partial charge >= 0.3 is 0 Å². The Hall–Kier alpha value is -1.76. The number of anilines is 1. The van der Waals surface area contributed by atoms with Crippen LogP contribution >= 0.6 is 23.2 Å². The molecule has 156 valence electrons. The topological polar surface area (TPSA) is 78.8 Å². The fourth-order valence-electron chi connectivity index (χ4n) is 3.22. The van der Waals surface area contributed by atoms with E-state index in [1.165, 1.54) is 12.1 Å². The summed E-state index contributed by atoms with van der Waals surface area (Å²) < 4.78 is 29.6. The van der Waals surface area contributed by atoms with Gasteiger partial charge in [0.1, 0.15) is 10.6 Å². The van der Waals surface area contributed by atoms with Crippen molar-refractivity contribution in [2.24, 2.45) is 4.40 Å². The molecule has 2 aromatic rings. The lowest BCUT2D eigenvalue weighted by Crippen LogP contribution is -2.25. The van der Waals surface area contributed by atoms with E-state index in [-0.39, 0.29) is 43.0 Å². The molecule has 8 heteroatoms. The van der Waals surface area contributed by atoms with Crippen LogP contribution in [0.3, 0.4) is 0 Å². The summed E-state index contributed by atoms with van der Waals surface area (Å²) in [5.74, 6) is 0.357. The van der Waals surface area contributed by atoms with Gasteiger partial charge in [-0.3, -0.25) is 0 Å². The van der Waals surface area contributed by atoms with E-state index in [1.807, 2.05) is 41.5 Å². The second kappa shape index (κ2) is 6.89. The van der Waals surface area contributed by atoms with Gasteiger partial charge in [0.05, 0.1) is 10.7 Å². The average Bonchev–Trinajstić information content (AvgIpc) is 2.53. The van der Waals surface area contributed by atoms with Gasteiger partial charge in [0, 0.05) is 21.7 Å². The first-order valence-corrected chi connectivity index (χ1v) is 11.3. The molecule has 0 radical (unpaired) electrons. The van der Waals surface area contributed by atoms with Gasteiger partial charge in [0.2, 0.25) is 0 Å². The van der Waals surface area contributed by atoms with Crippen LogP contribution in [-0.2, 0) is 20.9 Å². The summed E-state index contributed by atoms with van der Waals surface area (Å²) in [7, 11) is -4.00. The predicted molar refractivity (Wildman–Crippen MR) is 119 cm³/mol. The molecule has 2 aromatic carbocycles. The zero-order valence-corrected chi connectivity index (χ0v) is 19.5. The molecule has 0 aromatic heterocycles. The number of phenolic OH excluding ortho intramolecular Hbond substituents is 1. The second-order valence-electron chi connectivity index (χ2n) is 9.22. The van der Waals surface area contributed by atoms with Crippen molar-refractivity contribution < 1.29 is 13.5 Å². The number of phenols is 1. The van der Waals surface area contributed by atoms with Crippen molar-refractivity contribution in [3.8, 4) is 5.75 Å². The first-order chi connectivity index (χ1) is 13.1. The fraction of sp³-hybridized carbons (Fsp3) is 0.381. The highest BCUT2D eigenvalue weighted by Crippen LogP contribution is 2.42. The van der Waals surface area contributed by atoms with Gasteiger partial charge in [-0.2, -0.15) is 8.42 Å². The molecule has 0 amide bonds. The number of benzene rings is 2. The Balaban J connectivity index is 2.28. The molecule has 3 rings (SSSR count). The van der Waals surface area contributed by atoms with E-state index in [0.717, 1.165) is 0 Å². The molecule has 2 N–H and O–H groups in total. The first kappa shape index (κ1) is 21.9. The Morgan fingerprint density at radius 3 is 1.93 bits per heavy atom. The highest BCUT2D eigenvalue weighted by Gasteiger charge is 2.31. The van der Waals surface area contributed by atoms with E-state index in [2.05, 4.69) is 9.71 Å². The summed E-state index contributed by atoms with van der Waals surface area (Å²) in [6.45, 7) is 11.9. The summed E-state index contributed by atoms with van der Waals surface area (Å²) in [6.07, 6.45) is 0. The van der Waals surface area contributed by atoms with Gasteiger partial charge in [0.25, 0.3) is 10.0 Å². The smallest absolute Gasteiger partial charge is 0.286 e. The number of hydrogen-bond donors (Lipinski definition) is 2. The predicted octanol–water partition coefficient (Wildman–Crippen LogP) is 5.86. The van der Waals surface area contributed by atoms with Gasteiger partial charge in [-0.05, 0) is 35.1 Å². The molecule has 1 aliphatic rings. The SMILES string of the molecule is CC(C)(C)c1cc(C2=NS(=O)(=O)c3cc(Cl)cc(Cl)c3N2)cc(C(C)(C)C)c1O. The molecular weight excluding hydrogens is 431 g/mol. The van der Waals surface area contributed by atoms with Crippen LogP contribution in [0.2, 0.25) is 10.0 Å². The molecule has 0 aliphatic carbocycles. The number of rotatable bonds is 1. The number of amidine groups is 1. The summed E-state index contributed by atoms with van der Waals surface area (Å²) in [4.78, 5) is -0.0652. The number of nitrogens with zero attached hydrogens (tertiary/aromatic N) is 1. The van der Waals surface area contributed by atoms with Gasteiger partial charge in [-0.15, -0.1) is 4.40 Å². The third-order valence-corrected chi connectivity index (χ3v) is 6.57. The molecule has 0 spiro atoms. The monoisotopic (exact) mass is 454 g/mol. The number of nitrogens with one attached hydrogen (secondary N) is 1. The van der Waals surface area contributed by atoms with Crippen LogP contribution in [0.25, 0.3) is 0 Å². The van der Waals surface area contributed by atoms with Crippen molar-refractivity contribution in [2.45, 2.75) is 57.3 Å². The van der Waals surface area contributed by atoms with E-state index >= 15 is 0 Å². The van der Waals surface area contributed by atoms with Gasteiger partial charge in [-0.1, -0.05) is 64.7 Å². The Kier molecular flexibility index (Phi) is 5.22. The van der Waals surface area contributed by atoms with Crippen molar-refractivity contribution >= 4 is 44.7 Å². The van der Waals surface area contributed by atoms with Crippen LogP contribution in [0.15, 0.2) is 33.6 Å². The molecule has 0 unspecified atom stereocenters. The van der Waals surface area contributed by atoms with Gasteiger partial charge in [0.15, 0.2) is 5.84 Å². The summed E-state index contributed by atoms with van der Waals surface area (Å²) in [6, 6.07) is 6.33. The minimum atomic E-state index is -4.00. The Labute approximate surface area is 181 Å². The zero-order valence-electron chi connectivity index (χ0n) is 17.2. The lowest BCUT2D eigenvalue weighted by atomic mass is 9.78. The van der Waals surface area contributed by atoms with Crippen LogP contribution in [0, 0.1) is 0 Å². The third-order valence-electron chi connectivity index (χ3n) is 4.75. The minimum absolute atomic E-state index is 0.0652. The summed E-state index contributed by atoms with van der Waals surface area (Å²) in [5.41, 5.74) is 1.47. The van der Waals surface area contributed by atoms with E-state index in [0.29, 0.717) is 16.7 Å². The standard InChI is InChI=1S/C21H24Cl2N2O3S/c1-20(2,3)13-7-11(8-14(18(13)26)21(4,5)6)19-24-17-15(23)9-12(22)10-16(17)29(27,28)25-19/h7-10,26H,1-6H3,(H,24,25). The van der Waals surface area contributed by atoms with Crippen LogP contribution in [0.5, 0.6) is 5.75 Å². The number of hydrogen-bond acceptors (Lipinski definition) is 4. The lowest BCUT2D eigenvalue weighted by molar-refractivity contribution is 0.423. The Morgan fingerprint density at radius 1 is 0.931 bits per heavy atom. The molecule has 0 bridgehead atoms. The Morgan fingerprint density at radius 2 is 1.45 bits per heavy atom. The fourth-order valence-corrected chi connectivity index (χ4v) is 5.07. The summed E-state index contributed by atoms with van der Waals surface area (Å²) in [5, 5.41) is 14.3. The molecule has 29 heavy (non-hydrogen) atoms. The van der Waals surface area contributed by atoms with Crippen molar-refractivity contribution in [1.82, 2.24) is 0 Å². The maximum absolute atomic E-state index is 12.8. The van der Waals surface area contributed by atoms with Crippen LogP contribution in [-0.4, -0.2) is 19.4 Å². The molecule has 1 aliphatic heterocycles. The van der Waals surface area contributed by atoms with Crippen molar-refractivity contribution in [2.75, 3.05) is 5.32 Å². The zero-order chi connectivity index (χ0) is 21.9. The van der Waals surface area contributed by atoms with Crippen molar-refractivity contribution in [3.05, 3.63) is 51.0 Å². The van der Waals surface area contributed by atoms with Crippen LogP contribution in [0.1, 0.15) is 58.2 Å². The highest BCUT2D eigenvalue weighted by atomic mass is 35.5. The molecule has 0 fully saturated rings. The average molecular weight is 455 g/mol. The third kappa shape index (κ3) is 4.11. The number of fused-ring (bicyclic) bond motifs is 1. The lowest BCUT2D eigenvalue weighted by Gasteiger charge is -2.29. The number of sulfonamides is 1. The maximum Gasteiger partial charge on any atom is 0.286 e. The maximum atomic E-state index is 12.8. The number of aromatic hydroxyl groups is 1. The molecule has 0 atom stereocenters. The molecule has 0 saturated carbocycles. The number of halogens is 2. The van der Waals surface area contributed by atoms with Gasteiger partial charge < -0.3 is 10.4 Å². The van der Waals surface area contributed by atoms with E-state index in [1.54, 1.807) is 12.1 Å². The van der Waals surface area contributed by atoms with E-state index < -0.39 is 10.0 Å². The van der Waals surface area contributed by atoms with Gasteiger partial charge in [-0.25, -0.2) is 0 Å². The van der Waals surface area contributed by atoms with Crippen LogP contribution < -0.4 is 5.32 Å². The molecular formula is C21H24Cl2N2O3S. The normalized spacial score (nSPS) is 16.1. The van der Waals surface area contributed by atoms with Crippen LogP contribution in [0.4, 0.5) is 5.69 Å². The molecule has 5 nitrogen and oxygen atoms in total. The second-order valence-corrected chi connectivity index (χ2v) is 11.6.